The zero-order chi connectivity index (χ0) is 45.9. The van der Waals surface area contributed by atoms with Crippen molar-refractivity contribution in [2.45, 2.75) is 5.41 Å². The van der Waals surface area contributed by atoms with Crippen molar-refractivity contribution in [3.8, 4) is 78.7 Å². The summed E-state index contributed by atoms with van der Waals surface area (Å²) < 4.78 is 7.21. The van der Waals surface area contributed by atoms with Gasteiger partial charge in [-0.05, 0) is 101 Å². The van der Waals surface area contributed by atoms with E-state index in [-0.39, 0.29) is 0 Å². The fourth-order valence-electron chi connectivity index (χ4n) is 11.8. The predicted molar refractivity (Wildman–Crippen MR) is 286 cm³/mol. The molecule has 0 saturated heterocycles. The van der Waals surface area contributed by atoms with Gasteiger partial charge in [0.1, 0.15) is 11.2 Å². The zero-order valence-electron chi connectivity index (χ0n) is 37.8. The van der Waals surface area contributed by atoms with Crippen LogP contribution in [0.3, 0.4) is 0 Å². The number of rotatable bonds is 5. The van der Waals surface area contributed by atoms with Crippen LogP contribution in [0.4, 0.5) is 0 Å². The van der Waals surface area contributed by atoms with Crippen molar-refractivity contribution in [3.05, 3.63) is 259 Å². The number of furan rings is 1. The predicted octanol–water partition coefficient (Wildman–Crippen LogP) is 16.8. The molecule has 11 aromatic carbocycles. The summed E-state index contributed by atoms with van der Waals surface area (Å²) in [7, 11) is 0. The minimum Gasteiger partial charge on any atom is -0.455 e. The van der Waals surface area contributed by atoms with Crippen molar-refractivity contribution in [2.75, 3.05) is 0 Å². The molecule has 0 bridgehead atoms. The van der Waals surface area contributed by atoms with Crippen LogP contribution in [-0.2, 0) is 5.41 Å². The third kappa shape index (κ3) is 5.56. The van der Waals surface area contributed by atoms with Gasteiger partial charge in [-0.1, -0.05) is 218 Å². The lowest BCUT2D eigenvalue weighted by atomic mass is 9.70. The SMILES string of the molecule is c1ccc(-c2nc(-c3ccc4c(c3)C3(c5ccccc5-c5ccccc53)c3ccccc3-4)nc(-c3cc4ccccc4c4c3oc3c(-c5ccc(-c6ccc7ccccc7c6)cc5)cccc34)n2)cc1. The number of nitrogens with zero attached hydrogens (tertiary/aromatic N) is 3. The molecule has 0 saturated carbocycles. The van der Waals surface area contributed by atoms with Gasteiger partial charge in [0.05, 0.1) is 11.0 Å². The molecule has 0 unspecified atom stereocenters. The van der Waals surface area contributed by atoms with Crippen molar-refractivity contribution in [1.82, 2.24) is 15.0 Å². The smallest absolute Gasteiger partial charge is 0.167 e. The van der Waals surface area contributed by atoms with Crippen LogP contribution in [0.1, 0.15) is 22.3 Å². The van der Waals surface area contributed by atoms with Crippen LogP contribution in [0.15, 0.2) is 241 Å². The molecule has 324 valence electrons. The second-order valence-corrected chi connectivity index (χ2v) is 18.6. The standard InChI is InChI=1S/C66H39N3O/c1-2-16-43(17-3-1)63-67-64(47-35-36-53-52-23-10-13-28-58(52)66(59(53)39-47)56-26-11-8-21-50(56)51-22-9-12-27-57(51)66)69-65(68-63)55-38-46-19-6-7-20-48(46)60-54-25-14-24-49(61(54)70-62(55)60)42-32-29-41(30-33-42)45-34-31-40-15-4-5-18-44(40)37-45/h1-39H. The number of hydrogen-bond acceptors (Lipinski definition) is 4. The van der Waals surface area contributed by atoms with Gasteiger partial charge in [0.2, 0.25) is 0 Å². The molecule has 0 N–H and O–H groups in total. The maximum atomic E-state index is 7.21. The fourth-order valence-corrected chi connectivity index (χ4v) is 11.8. The highest BCUT2D eigenvalue weighted by Gasteiger charge is 2.51. The first-order chi connectivity index (χ1) is 34.7. The van der Waals surface area contributed by atoms with Crippen LogP contribution < -0.4 is 0 Å². The summed E-state index contributed by atoms with van der Waals surface area (Å²) >= 11 is 0. The van der Waals surface area contributed by atoms with E-state index in [4.69, 9.17) is 19.4 Å². The Balaban J connectivity index is 0.931. The first kappa shape index (κ1) is 38.8. The van der Waals surface area contributed by atoms with E-state index in [0.717, 1.165) is 60.5 Å². The highest BCUT2D eigenvalue weighted by molar-refractivity contribution is 6.23. The average Bonchev–Trinajstić information content (AvgIpc) is 4.08. The topological polar surface area (TPSA) is 51.8 Å². The molecular weight excluding hydrogens is 851 g/mol. The molecule has 0 amide bonds. The Hall–Kier alpha value is -9.25. The van der Waals surface area contributed by atoms with Crippen LogP contribution >= 0.6 is 0 Å². The Morgan fingerprint density at radius 1 is 0.271 bits per heavy atom. The molecule has 0 atom stereocenters. The number of para-hydroxylation sites is 1. The number of aromatic nitrogens is 3. The number of hydrogen-bond donors (Lipinski definition) is 0. The lowest BCUT2D eigenvalue weighted by Gasteiger charge is -2.30. The Kier molecular flexibility index (Phi) is 8.25. The molecule has 2 aliphatic carbocycles. The summed E-state index contributed by atoms with van der Waals surface area (Å²) in [6.07, 6.45) is 0. The van der Waals surface area contributed by atoms with Crippen molar-refractivity contribution >= 4 is 43.5 Å². The van der Waals surface area contributed by atoms with Crippen LogP contribution in [-0.4, -0.2) is 15.0 Å². The van der Waals surface area contributed by atoms with E-state index in [0.29, 0.717) is 17.5 Å². The molecule has 2 heterocycles. The molecular formula is C66H39N3O. The van der Waals surface area contributed by atoms with Gasteiger partial charge in [-0.2, -0.15) is 0 Å². The van der Waals surface area contributed by atoms with E-state index in [9.17, 15) is 0 Å². The summed E-state index contributed by atoms with van der Waals surface area (Å²) in [5.74, 6) is 1.75. The lowest BCUT2D eigenvalue weighted by Crippen LogP contribution is -2.25. The Bertz CT molecular complexity index is 4240. The van der Waals surface area contributed by atoms with E-state index in [1.165, 1.54) is 66.4 Å². The molecule has 70 heavy (non-hydrogen) atoms. The van der Waals surface area contributed by atoms with Crippen molar-refractivity contribution in [1.29, 1.82) is 0 Å². The normalized spacial score (nSPS) is 13.0. The second kappa shape index (κ2) is 14.9. The molecule has 0 aliphatic heterocycles. The summed E-state index contributed by atoms with van der Waals surface area (Å²) in [6.45, 7) is 0. The first-order valence-corrected chi connectivity index (χ1v) is 23.9. The Morgan fingerprint density at radius 2 is 0.800 bits per heavy atom. The molecule has 1 spiro atoms. The molecule has 4 heteroatoms. The van der Waals surface area contributed by atoms with Crippen molar-refractivity contribution in [2.24, 2.45) is 0 Å². The highest BCUT2D eigenvalue weighted by atomic mass is 16.3. The zero-order valence-corrected chi connectivity index (χ0v) is 37.8. The van der Waals surface area contributed by atoms with Crippen LogP contribution in [0, 0.1) is 0 Å². The summed E-state index contributed by atoms with van der Waals surface area (Å²) in [5, 5.41) is 6.74. The fraction of sp³-hybridized carbons (Fsp3) is 0.0152. The first-order valence-electron chi connectivity index (χ1n) is 23.9. The monoisotopic (exact) mass is 889 g/mol. The quantitative estimate of drug-likeness (QED) is 0.173. The van der Waals surface area contributed by atoms with Gasteiger partial charge in [0, 0.05) is 27.5 Å². The van der Waals surface area contributed by atoms with Crippen LogP contribution in [0.25, 0.3) is 122 Å². The van der Waals surface area contributed by atoms with Gasteiger partial charge in [-0.15, -0.1) is 0 Å². The summed E-state index contributed by atoms with van der Waals surface area (Å²) in [4.78, 5) is 16.1. The van der Waals surface area contributed by atoms with E-state index in [1.54, 1.807) is 0 Å². The molecule has 4 nitrogen and oxygen atoms in total. The Labute approximate surface area is 403 Å². The molecule has 13 aromatic rings. The lowest BCUT2D eigenvalue weighted by molar-refractivity contribution is 0.671. The van der Waals surface area contributed by atoms with E-state index >= 15 is 0 Å². The van der Waals surface area contributed by atoms with E-state index in [2.05, 4.69) is 218 Å². The van der Waals surface area contributed by atoms with Gasteiger partial charge in [0.15, 0.2) is 17.5 Å². The summed E-state index contributed by atoms with van der Waals surface area (Å²) in [5.41, 5.74) is 18.3. The molecule has 0 fully saturated rings. The minimum atomic E-state index is -0.500. The van der Waals surface area contributed by atoms with Gasteiger partial charge in [0.25, 0.3) is 0 Å². The van der Waals surface area contributed by atoms with Crippen molar-refractivity contribution in [3.63, 3.8) is 0 Å². The maximum absolute atomic E-state index is 7.21. The van der Waals surface area contributed by atoms with Crippen LogP contribution in [0.2, 0.25) is 0 Å². The van der Waals surface area contributed by atoms with E-state index < -0.39 is 5.41 Å². The van der Waals surface area contributed by atoms with Gasteiger partial charge in [-0.25, -0.2) is 15.0 Å². The maximum Gasteiger partial charge on any atom is 0.167 e. The third-order valence-corrected chi connectivity index (χ3v) is 14.9. The average molecular weight is 890 g/mol. The second-order valence-electron chi connectivity index (χ2n) is 18.6. The third-order valence-electron chi connectivity index (χ3n) is 14.9. The number of fused-ring (bicyclic) bond motifs is 16. The molecule has 0 radical (unpaired) electrons. The molecule has 15 rings (SSSR count). The minimum absolute atomic E-state index is 0.500. The highest BCUT2D eigenvalue weighted by Crippen LogP contribution is 2.63. The molecule has 2 aromatic heterocycles. The summed E-state index contributed by atoms with van der Waals surface area (Å²) in [6, 6.07) is 85.0. The van der Waals surface area contributed by atoms with E-state index in [1.807, 2.05) is 18.2 Å². The van der Waals surface area contributed by atoms with Crippen LogP contribution in [0.5, 0.6) is 0 Å². The largest absolute Gasteiger partial charge is 0.455 e. The Morgan fingerprint density at radius 3 is 1.53 bits per heavy atom. The van der Waals surface area contributed by atoms with Gasteiger partial charge in [-0.3, -0.25) is 0 Å². The van der Waals surface area contributed by atoms with Gasteiger partial charge >= 0.3 is 0 Å². The van der Waals surface area contributed by atoms with Gasteiger partial charge < -0.3 is 4.42 Å². The van der Waals surface area contributed by atoms with Crippen molar-refractivity contribution < 1.29 is 4.42 Å². The number of benzene rings is 11. The molecule has 2 aliphatic rings.